The van der Waals surface area contributed by atoms with Crippen LogP contribution in [0.3, 0.4) is 0 Å². The number of nitrogens with two attached hydrogens (primary N) is 1. The highest BCUT2D eigenvalue weighted by Gasteiger charge is 2.21. The minimum absolute atomic E-state index is 0.00207. The van der Waals surface area contributed by atoms with Crippen molar-refractivity contribution in [1.29, 1.82) is 0 Å². The van der Waals surface area contributed by atoms with Crippen LogP contribution in [0.15, 0.2) is 93.6 Å². The van der Waals surface area contributed by atoms with Crippen molar-refractivity contribution in [1.82, 2.24) is 23.8 Å². The summed E-state index contributed by atoms with van der Waals surface area (Å²) >= 11 is 3.28. The number of aromatic nitrogens is 4. The molecule has 0 spiro atoms. The number of hydrogen-bond acceptors (Lipinski definition) is 13. The van der Waals surface area contributed by atoms with E-state index in [-0.39, 0.29) is 21.6 Å². The van der Waals surface area contributed by atoms with Crippen LogP contribution in [0.4, 0.5) is 21.6 Å². The van der Waals surface area contributed by atoms with Crippen molar-refractivity contribution >= 4 is 82.1 Å². The number of carbonyl (C=O) groups is 3. The summed E-state index contributed by atoms with van der Waals surface area (Å²) in [6.45, 7) is 10.1. The molecule has 17 nitrogen and oxygen atoms in total. The van der Waals surface area contributed by atoms with Gasteiger partial charge in [-0.15, -0.1) is 22.7 Å². The molecule has 0 atom stereocenters. The van der Waals surface area contributed by atoms with E-state index >= 15 is 0 Å². The van der Waals surface area contributed by atoms with E-state index in [2.05, 4.69) is 20.4 Å². The maximum Gasteiger partial charge on any atom is 0.272 e. The monoisotopic (exact) mass is 960 g/mol. The summed E-state index contributed by atoms with van der Waals surface area (Å²) in [5.74, 6) is -1.25. The van der Waals surface area contributed by atoms with Gasteiger partial charge in [0.25, 0.3) is 21.8 Å². The van der Waals surface area contributed by atoms with Crippen LogP contribution < -0.4 is 30.3 Å². The number of sulfonamides is 2. The predicted octanol–water partition coefficient (Wildman–Crippen LogP) is 6.56. The quantitative estimate of drug-likeness (QED) is 0.0970. The van der Waals surface area contributed by atoms with E-state index in [0.29, 0.717) is 35.9 Å². The number of piperidine rings is 2. The molecule has 0 saturated carbocycles. The molecule has 8 rings (SSSR count). The molecule has 6 aromatic rings. The third-order valence-electron chi connectivity index (χ3n) is 10.7. The van der Waals surface area contributed by atoms with E-state index in [1.54, 1.807) is 22.7 Å². The Balaban J connectivity index is 0.000000195. The van der Waals surface area contributed by atoms with Gasteiger partial charge in [0.15, 0.2) is 10.3 Å². The Morgan fingerprint density at radius 3 is 1.42 bits per heavy atom. The van der Waals surface area contributed by atoms with Crippen LogP contribution in [-0.2, 0) is 37.9 Å². The third-order valence-corrected chi connectivity index (χ3v) is 14.9. The second-order valence-electron chi connectivity index (χ2n) is 16.1. The van der Waals surface area contributed by atoms with E-state index in [4.69, 9.17) is 15.1 Å². The van der Waals surface area contributed by atoms with Crippen molar-refractivity contribution in [3.63, 3.8) is 0 Å². The summed E-state index contributed by atoms with van der Waals surface area (Å²) in [5, 5.41) is 16.9. The number of hydrogen-bond donors (Lipinski definition) is 4. The first kappa shape index (κ1) is 47.1. The van der Waals surface area contributed by atoms with Crippen molar-refractivity contribution < 1.29 is 31.2 Å². The zero-order valence-electron chi connectivity index (χ0n) is 36.3. The lowest BCUT2D eigenvalue weighted by Gasteiger charge is -2.25. The number of nitrogens with one attached hydrogen (secondary N) is 3. The Kier molecular flexibility index (Phi) is 14.9. The number of rotatable bonds is 13. The number of thiazole rings is 2. The van der Waals surface area contributed by atoms with Gasteiger partial charge < -0.3 is 29.6 Å². The van der Waals surface area contributed by atoms with Gasteiger partial charge in [0.1, 0.15) is 11.4 Å². The normalized spacial score (nSPS) is 14.3. The summed E-state index contributed by atoms with van der Waals surface area (Å²) in [7, 11) is -7.70. The second kappa shape index (κ2) is 20.5. The van der Waals surface area contributed by atoms with Gasteiger partial charge in [-0.05, 0) is 124 Å². The minimum Gasteiger partial charge on any atom is -0.348 e. The summed E-state index contributed by atoms with van der Waals surface area (Å²) < 4.78 is 52.6. The van der Waals surface area contributed by atoms with Crippen LogP contribution in [0.25, 0.3) is 0 Å². The van der Waals surface area contributed by atoms with E-state index < -0.39 is 26.0 Å². The molecular formula is C44H52N10O7S4. The molecule has 0 bridgehead atoms. The highest BCUT2D eigenvalue weighted by molar-refractivity contribution is 7.90. The van der Waals surface area contributed by atoms with Crippen LogP contribution in [0.5, 0.6) is 0 Å². The van der Waals surface area contributed by atoms with Crippen LogP contribution in [0, 0.1) is 13.8 Å². The molecule has 0 unspecified atom stereocenters. The smallest absolute Gasteiger partial charge is 0.272 e. The Labute approximate surface area is 386 Å². The molecule has 2 saturated heterocycles. The van der Waals surface area contributed by atoms with Gasteiger partial charge in [-0.25, -0.2) is 36.7 Å². The molecule has 344 valence electrons. The summed E-state index contributed by atoms with van der Waals surface area (Å²) in [4.78, 5) is 51.1. The van der Waals surface area contributed by atoms with E-state index in [1.807, 2.05) is 63.0 Å². The number of amides is 3. The third kappa shape index (κ3) is 12.5. The fourth-order valence-electron chi connectivity index (χ4n) is 7.59. The standard InChI is InChI=1S/C23H27N5O4S2.C21H25N5O3S2/c1-16-12-21(22(30)24-18-6-8-20(9-7-18)34(31,32)26-17(2)29)28(13-16)14-19-15-33-23(25-19)27-10-4-3-5-11-27;1-15-11-19(20(27)23-16-5-7-18(8-6-16)31(22,28)29)26(12-15)13-17-14-30-21(24-17)25-9-3-2-4-10-25/h6-9,12-13,15H,3-5,10-11,14H2,1-2H3,(H,24,30)(H,26,29);5-8,11-12,14H,2-4,9-10,13H2,1H3,(H,23,27)(H2,22,28,29). The van der Waals surface area contributed by atoms with Crippen LogP contribution in [0.2, 0.25) is 0 Å². The Morgan fingerprint density at radius 2 is 1.03 bits per heavy atom. The maximum absolute atomic E-state index is 13.0. The largest absolute Gasteiger partial charge is 0.348 e. The van der Waals surface area contributed by atoms with Crippen LogP contribution in [-0.4, -0.2) is 79.8 Å². The van der Waals surface area contributed by atoms with Crippen molar-refractivity contribution in [2.45, 2.75) is 82.2 Å². The van der Waals surface area contributed by atoms with Gasteiger partial charge >= 0.3 is 0 Å². The van der Waals surface area contributed by atoms with E-state index in [1.165, 1.54) is 87.1 Å². The molecule has 2 aliphatic rings. The number of anilines is 4. The molecule has 0 aliphatic carbocycles. The number of aryl methyl sites for hydroxylation is 2. The number of benzene rings is 2. The van der Waals surface area contributed by atoms with Gasteiger partial charge in [-0.1, -0.05) is 0 Å². The average Bonchev–Trinajstić information content (AvgIpc) is 4.09. The number of primary sulfonamides is 1. The second-order valence-corrected chi connectivity index (χ2v) is 21.0. The first-order chi connectivity index (χ1) is 31.0. The molecule has 2 aromatic carbocycles. The Morgan fingerprint density at radius 1 is 0.631 bits per heavy atom. The average molecular weight is 961 g/mol. The maximum atomic E-state index is 13.0. The van der Waals surface area contributed by atoms with Crippen molar-refractivity contribution in [3.05, 3.63) is 118 Å². The van der Waals surface area contributed by atoms with Gasteiger partial charge in [0.2, 0.25) is 15.9 Å². The van der Waals surface area contributed by atoms with Gasteiger partial charge in [0.05, 0.1) is 34.3 Å². The van der Waals surface area contributed by atoms with Crippen LogP contribution in [0.1, 0.15) is 88.9 Å². The highest BCUT2D eigenvalue weighted by Crippen LogP contribution is 2.27. The molecule has 2 aliphatic heterocycles. The molecule has 21 heteroatoms. The van der Waals surface area contributed by atoms with E-state index in [0.717, 1.165) is 65.9 Å². The Bertz CT molecular complexity index is 2850. The van der Waals surface area contributed by atoms with Gasteiger partial charge in [-0.3, -0.25) is 14.4 Å². The lowest BCUT2D eigenvalue weighted by Crippen LogP contribution is -2.29. The SMILES string of the molecule is CC(=O)NS(=O)(=O)c1ccc(NC(=O)c2cc(C)cn2Cc2csc(N3CCCCC3)n2)cc1.Cc1cc(C(=O)Nc2ccc(S(N)(=O)=O)cc2)n(Cc2csc(N3CCCCC3)n2)c1. The predicted molar refractivity (Wildman–Crippen MR) is 254 cm³/mol. The zero-order chi connectivity index (χ0) is 46.3. The van der Waals surface area contributed by atoms with Crippen LogP contribution >= 0.6 is 22.7 Å². The molecule has 5 N–H and O–H groups in total. The number of carbonyl (C=O) groups excluding carboxylic acids is 3. The fourth-order valence-corrected chi connectivity index (χ4v) is 10.8. The summed E-state index contributed by atoms with van der Waals surface area (Å²) in [6, 6.07) is 15.0. The molecule has 0 radical (unpaired) electrons. The lowest BCUT2D eigenvalue weighted by molar-refractivity contribution is -0.117. The summed E-state index contributed by atoms with van der Waals surface area (Å²) in [6.07, 6.45) is 11.2. The molecule has 2 fully saturated rings. The van der Waals surface area contributed by atoms with E-state index in [9.17, 15) is 31.2 Å². The zero-order valence-corrected chi connectivity index (χ0v) is 39.6. The molecule has 4 aromatic heterocycles. The first-order valence-corrected chi connectivity index (χ1v) is 25.9. The first-order valence-electron chi connectivity index (χ1n) is 21.1. The molecule has 6 heterocycles. The minimum atomic E-state index is -3.93. The van der Waals surface area contributed by atoms with Crippen molar-refractivity contribution in [2.24, 2.45) is 5.14 Å². The molecule has 65 heavy (non-hydrogen) atoms. The molecule has 3 amide bonds. The summed E-state index contributed by atoms with van der Waals surface area (Å²) in [5.41, 5.74) is 5.69. The van der Waals surface area contributed by atoms with Gasteiger partial charge in [-0.2, -0.15) is 0 Å². The lowest BCUT2D eigenvalue weighted by atomic mass is 10.1. The van der Waals surface area contributed by atoms with Crippen molar-refractivity contribution in [3.8, 4) is 0 Å². The highest BCUT2D eigenvalue weighted by atomic mass is 32.2. The topological polar surface area (TPSA) is 224 Å². The molecular weight excluding hydrogens is 909 g/mol. The fraction of sp³-hybridized carbons (Fsp3) is 0.341. The van der Waals surface area contributed by atoms with Crippen molar-refractivity contribution in [2.75, 3.05) is 46.6 Å². The number of nitrogens with zero attached hydrogens (tertiary/aromatic N) is 6. The Hall–Kier alpha value is -5.87. The van der Waals surface area contributed by atoms with Gasteiger partial charge in [0, 0.05) is 67.6 Å².